The molecule has 0 spiro atoms. The summed E-state index contributed by atoms with van der Waals surface area (Å²) in [4.78, 5) is 43.4. The molecular weight excluding hydrogens is 496 g/mol. The van der Waals surface area contributed by atoms with Gasteiger partial charge in [0.1, 0.15) is 5.60 Å². The maximum Gasteiger partial charge on any atom is 0.410 e. The molecule has 212 valence electrons. The van der Waals surface area contributed by atoms with Crippen molar-refractivity contribution in [1.82, 2.24) is 24.9 Å². The van der Waals surface area contributed by atoms with Crippen LogP contribution in [0.4, 0.5) is 10.5 Å². The van der Waals surface area contributed by atoms with Crippen molar-refractivity contribution in [2.24, 2.45) is 18.9 Å². The van der Waals surface area contributed by atoms with Gasteiger partial charge in [-0.05, 0) is 63.6 Å². The van der Waals surface area contributed by atoms with Gasteiger partial charge >= 0.3 is 6.09 Å². The number of imide groups is 1. The van der Waals surface area contributed by atoms with Gasteiger partial charge in [0.05, 0.1) is 17.1 Å². The minimum absolute atomic E-state index is 0.198. The van der Waals surface area contributed by atoms with Crippen LogP contribution in [-0.2, 0) is 21.4 Å². The highest BCUT2D eigenvalue weighted by molar-refractivity contribution is 6.02. The molecule has 0 bridgehead atoms. The van der Waals surface area contributed by atoms with Crippen molar-refractivity contribution in [2.75, 3.05) is 50.7 Å². The highest BCUT2D eigenvalue weighted by Gasteiger charge is 2.34. The van der Waals surface area contributed by atoms with Crippen molar-refractivity contribution < 1.29 is 19.1 Å². The zero-order valence-corrected chi connectivity index (χ0v) is 23.9. The minimum atomic E-state index is -0.464. The fourth-order valence-corrected chi connectivity index (χ4v) is 6.16. The molecule has 0 radical (unpaired) electrons. The van der Waals surface area contributed by atoms with E-state index in [1.54, 1.807) is 0 Å². The van der Waals surface area contributed by atoms with Gasteiger partial charge in [-0.15, -0.1) is 0 Å². The Morgan fingerprint density at radius 2 is 1.85 bits per heavy atom. The number of hydrogen-bond acceptors (Lipinski definition) is 7. The number of piperazine rings is 1. The number of aryl methyl sites for hydroxylation is 1. The van der Waals surface area contributed by atoms with E-state index in [9.17, 15) is 14.4 Å². The molecule has 3 atom stereocenters. The summed E-state index contributed by atoms with van der Waals surface area (Å²) >= 11 is 0. The lowest BCUT2D eigenvalue weighted by Crippen LogP contribution is -2.51. The number of benzene rings is 1. The molecule has 3 aliphatic rings. The number of piperidine rings is 2. The van der Waals surface area contributed by atoms with Crippen LogP contribution in [0.2, 0.25) is 0 Å². The largest absolute Gasteiger partial charge is 0.444 e. The van der Waals surface area contributed by atoms with E-state index >= 15 is 0 Å². The molecule has 0 aliphatic carbocycles. The normalized spacial score (nSPS) is 25.2. The van der Waals surface area contributed by atoms with E-state index in [0.29, 0.717) is 24.7 Å². The van der Waals surface area contributed by atoms with E-state index in [-0.39, 0.29) is 23.8 Å². The molecule has 1 aromatic carbocycles. The average Bonchev–Trinajstić information content (AvgIpc) is 3.20. The summed E-state index contributed by atoms with van der Waals surface area (Å²) in [5.74, 6) is 0.163. The first-order chi connectivity index (χ1) is 18.5. The summed E-state index contributed by atoms with van der Waals surface area (Å²) in [7, 11) is 1.91. The van der Waals surface area contributed by atoms with Gasteiger partial charge in [0.25, 0.3) is 0 Å². The number of fused-ring (bicyclic) bond motifs is 1. The number of amides is 3. The first-order valence-corrected chi connectivity index (χ1v) is 14.2. The zero-order chi connectivity index (χ0) is 27.9. The quantitative estimate of drug-likeness (QED) is 0.597. The topological polar surface area (TPSA) is 100 Å². The van der Waals surface area contributed by atoms with Crippen LogP contribution in [-0.4, -0.2) is 88.9 Å². The molecule has 3 saturated heterocycles. The van der Waals surface area contributed by atoms with Gasteiger partial charge in [-0.25, -0.2) is 4.79 Å². The first-order valence-electron chi connectivity index (χ1n) is 14.2. The zero-order valence-electron chi connectivity index (χ0n) is 23.9. The van der Waals surface area contributed by atoms with E-state index in [0.717, 1.165) is 68.8 Å². The van der Waals surface area contributed by atoms with Gasteiger partial charge in [0.2, 0.25) is 11.8 Å². The number of ether oxygens (including phenoxy) is 1. The third-order valence-corrected chi connectivity index (χ3v) is 8.40. The molecule has 3 fully saturated rings. The lowest BCUT2D eigenvalue weighted by Gasteiger charge is -2.42. The van der Waals surface area contributed by atoms with Crippen LogP contribution in [0.25, 0.3) is 10.9 Å². The van der Waals surface area contributed by atoms with E-state index < -0.39 is 5.60 Å². The van der Waals surface area contributed by atoms with Gasteiger partial charge in [-0.2, -0.15) is 5.10 Å². The summed E-state index contributed by atoms with van der Waals surface area (Å²) < 4.78 is 7.42. The van der Waals surface area contributed by atoms with Crippen molar-refractivity contribution in [3.63, 3.8) is 0 Å². The van der Waals surface area contributed by atoms with Crippen LogP contribution in [0, 0.1) is 11.8 Å². The van der Waals surface area contributed by atoms with Crippen molar-refractivity contribution in [2.45, 2.75) is 58.5 Å². The number of rotatable bonds is 4. The number of anilines is 1. The second kappa shape index (κ2) is 10.8. The van der Waals surface area contributed by atoms with E-state index in [1.807, 2.05) is 37.4 Å². The molecule has 4 heterocycles. The molecule has 1 aromatic heterocycles. The van der Waals surface area contributed by atoms with Gasteiger partial charge < -0.3 is 14.5 Å². The van der Waals surface area contributed by atoms with E-state index in [2.05, 4.69) is 45.3 Å². The Labute approximate surface area is 230 Å². The summed E-state index contributed by atoms with van der Waals surface area (Å²) in [6.45, 7) is 14.5. The molecule has 1 N–H and O–H groups in total. The van der Waals surface area contributed by atoms with Gasteiger partial charge in [-0.3, -0.25) is 24.5 Å². The number of nitrogens with one attached hydrogen (secondary N) is 1. The summed E-state index contributed by atoms with van der Waals surface area (Å²) in [5, 5.41) is 8.10. The first kappa shape index (κ1) is 27.4. The third kappa shape index (κ3) is 6.05. The van der Waals surface area contributed by atoms with Crippen LogP contribution in [0.1, 0.15) is 58.6 Å². The maximum atomic E-state index is 12.5. The van der Waals surface area contributed by atoms with Crippen LogP contribution in [0.5, 0.6) is 0 Å². The van der Waals surface area contributed by atoms with Crippen LogP contribution >= 0.6 is 0 Å². The molecule has 3 amide bonds. The Hall–Kier alpha value is -3.14. The molecule has 2 aromatic rings. The Morgan fingerprint density at radius 3 is 2.51 bits per heavy atom. The van der Waals surface area contributed by atoms with Crippen molar-refractivity contribution >= 4 is 34.5 Å². The number of carbonyl (C=O) groups is 3. The molecule has 5 rings (SSSR count). The molecule has 10 nitrogen and oxygen atoms in total. The van der Waals surface area contributed by atoms with E-state index in [1.165, 1.54) is 5.69 Å². The monoisotopic (exact) mass is 538 g/mol. The van der Waals surface area contributed by atoms with Gasteiger partial charge in [0.15, 0.2) is 0 Å². The molecule has 0 saturated carbocycles. The summed E-state index contributed by atoms with van der Waals surface area (Å²) in [6.07, 6.45) is 1.65. The van der Waals surface area contributed by atoms with Crippen LogP contribution in [0.15, 0.2) is 18.2 Å². The summed E-state index contributed by atoms with van der Waals surface area (Å²) in [5.41, 5.74) is 2.45. The highest BCUT2D eigenvalue weighted by atomic mass is 16.6. The second-order valence-electron chi connectivity index (χ2n) is 12.5. The smallest absolute Gasteiger partial charge is 0.410 e. The molecule has 1 unspecified atom stereocenters. The number of likely N-dealkylation sites (tertiary alicyclic amines) is 1. The van der Waals surface area contributed by atoms with Crippen molar-refractivity contribution in [3.8, 4) is 0 Å². The molecular formula is C29H42N6O4. The van der Waals surface area contributed by atoms with Gasteiger partial charge in [-0.1, -0.05) is 6.92 Å². The molecule has 39 heavy (non-hydrogen) atoms. The fourth-order valence-electron chi connectivity index (χ4n) is 6.16. The van der Waals surface area contributed by atoms with Crippen molar-refractivity contribution in [3.05, 3.63) is 23.9 Å². The predicted octanol–water partition coefficient (Wildman–Crippen LogP) is 3.11. The van der Waals surface area contributed by atoms with Crippen LogP contribution < -0.4 is 10.2 Å². The Bertz CT molecular complexity index is 1240. The maximum absolute atomic E-state index is 12.5. The number of nitrogens with zero attached hydrogens (tertiary/aromatic N) is 5. The SMILES string of the molecule is C[C@@H]1CN(C(=O)OC(C)(C)C)CC[C@H]1CN1CCN(c2ccc3c(C4CCC(=O)NC4=O)nn(C)c3c2)CC1. The lowest BCUT2D eigenvalue weighted by atomic mass is 9.86. The summed E-state index contributed by atoms with van der Waals surface area (Å²) in [6, 6.07) is 6.37. The fraction of sp³-hybridized carbons (Fsp3) is 0.655. The number of hydrogen-bond donors (Lipinski definition) is 1. The van der Waals surface area contributed by atoms with Gasteiger partial charge in [0, 0.05) is 70.4 Å². The second-order valence-corrected chi connectivity index (χ2v) is 12.5. The standard InChI is InChI=1S/C29H42N6O4/c1-19-17-35(28(38)39-29(2,3)4)11-10-20(19)18-33-12-14-34(15-13-33)21-6-7-22-24(16-21)32(5)31-26(22)23-8-9-25(36)30-27(23)37/h6-7,16,19-20,23H,8-15,17-18H2,1-5H3,(H,30,36,37)/t19-,20+,23?/m1/s1. The average molecular weight is 539 g/mol. The van der Waals surface area contributed by atoms with Crippen LogP contribution in [0.3, 0.4) is 0 Å². The Kier molecular flexibility index (Phi) is 7.59. The van der Waals surface area contributed by atoms with E-state index in [4.69, 9.17) is 4.74 Å². The predicted molar refractivity (Wildman–Crippen MR) is 150 cm³/mol. The third-order valence-electron chi connectivity index (χ3n) is 8.40. The Morgan fingerprint density at radius 1 is 1.10 bits per heavy atom. The number of aromatic nitrogens is 2. The number of carbonyl (C=O) groups excluding carboxylic acids is 3. The Balaban J connectivity index is 1.16. The molecule has 3 aliphatic heterocycles. The lowest BCUT2D eigenvalue weighted by molar-refractivity contribution is -0.134. The highest BCUT2D eigenvalue weighted by Crippen LogP contribution is 2.33. The van der Waals surface area contributed by atoms with Crippen molar-refractivity contribution in [1.29, 1.82) is 0 Å². The molecule has 10 heteroatoms. The minimum Gasteiger partial charge on any atom is -0.444 e.